The topological polar surface area (TPSA) is 12.0 Å². The average Bonchev–Trinajstić information content (AvgIpc) is 1.77. The third-order valence-electron chi connectivity index (χ3n) is 2.07. The van der Waals surface area contributed by atoms with E-state index in [9.17, 15) is 0 Å². The van der Waals surface area contributed by atoms with Gasteiger partial charge in [0.2, 0.25) is 0 Å². The van der Waals surface area contributed by atoms with Gasteiger partial charge in [0.1, 0.15) is 0 Å². The van der Waals surface area contributed by atoms with Gasteiger partial charge in [-0.3, -0.25) is 0 Å². The molecule has 0 radical (unpaired) electrons. The van der Waals surface area contributed by atoms with Crippen molar-refractivity contribution in [2.45, 2.75) is 31.6 Å². The highest BCUT2D eigenvalue weighted by atomic mass is 32.2. The maximum absolute atomic E-state index is 3.45. The van der Waals surface area contributed by atoms with Gasteiger partial charge in [0.25, 0.3) is 0 Å². The van der Waals surface area contributed by atoms with E-state index in [0.29, 0.717) is 10.8 Å². The number of thioether (sulfide) groups is 1. The van der Waals surface area contributed by atoms with Gasteiger partial charge in [0, 0.05) is 23.1 Å². The van der Waals surface area contributed by atoms with E-state index in [1.54, 1.807) is 0 Å². The summed E-state index contributed by atoms with van der Waals surface area (Å²) in [7, 11) is 0. The minimum Gasteiger partial charge on any atom is -0.312 e. The summed E-state index contributed by atoms with van der Waals surface area (Å²) in [6.07, 6.45) is 0. The second-order valence-electron chi connectivity index (χ2n) is 3.13. The third-order valence-corrected chi connectivity index (χ3v) is 3.58. The number of nitrogens with one attached hydrogen (secondary N) is 1. The summed E-state index contributed by atoms with van der Waals surface area (Å²) in [5.74, 6) is 1.26. The lowest BCUT2D eigenvalue weighted by Crippen LogP contribution is -2.47. The average molecular weight is 145 g/mol. The number of hydrogen-bond donors (Lipinski definition) is 1. The Kier molecular flexibility index (Phi) is 2.07. The van der Waals surface area contributed by atoms with Gasteiger partial charge in [0.05, 0.1) is 0 Å². The van der Waals surface area contributed by atoms with Crippen molar-refractivity contribution < 1.29 is 0 Å². The third kappa shape index (κ3) is 1.62. The first kappa shape index (κ1) is 7.42. The molecule has 54 valence electrons. The highest BCUT2D eigenvalue weighted by Gasteiger charge is 2.28. The first-order chi connectivity index (χ1) is 4.13. The van der Waals surface area contributed by atoms with Gasteiger partial charge >= 0.3 is 0 Å². The van der Waals surface area contributed by atoms with Gasteiger partial charge in [-0.2, -0.15) is 11.8 Å². The van der Waals surface area contributed by atoms with Crippen molar-refractivity contribution in [3.8, 4) is 0 Å². The zero-order valence-corrected chi connectivity index (χ0v) is 7.22. The Morgan fingerprint density at radius 1 is 1.56 bits per heavy atom. The van der Waals surface area contributed by atoms with Crippen LogP contribution in [-0.2, 0) is 0 Å². The molecule has 0 amide bonds. The van der Waals surface area contributed by atoms with Crippen LogP contribution in [0.15, 0.2) is 0 Å². The normalized spacial score (nSPS) is 34.3. The molecule has 0 aromatic rings. The summed E-state index contributed by atoms with van der Waals surface area (Å²) in [6.45, 7) is 8.03. The summed E-state index contributed by atoms with van der Waals surface area (Å²) in [5, 5.41) is 3.45. The van der Waals surface area contributed by atoms with E-state index in [1.165, 1.54) is 12.3 Å². The molecule has 1 atom stereocenters. The SMILES string of the molecule is CC1NCCSC1(C)C. The second-order valence-corrected chi connectivity index (χ2v) is 4.88. The van der Waals surface area contributed by atoms with Crippen molar-refractivity contribution in [1.29, 1.82) is 0 Å². The van der Waals surface area contributed by atoms with Crippen LogP contribution in [-0.4, -0.2) is 23.1 Å². The summed E-state index contributed by atoms with van der Waals surface area (Å²) >= 11 is 2.07. The highest BCUT2D eigenvalue weighted by molar-refractivity contribution is 8.00. The predicted octanol–water partition coefficient (Wildman–Crippen LogP) is 1.49. The summed E-state index contributed by atoms with van der Waals surface area (Å²) in [4.78, 5) is 0. The van der Waals surface area contributed by atoms with Crippen molar-refractivity contribution in [2.75, 3.05) is 12.3 Å². The maximum atomic E-state index is 3.45. The molecule has 9 heavy (non-hydrogen) atoms. The van der Waals surface area contributed by atoms with Gasteiger partial charge in [-0.25, -0.2) is 0 Å². The molecular weight excluding hydrogens is 130 g/mol. The largest absolute Gasteiger partial charge is 0.312 e. The molecular formula is C7H15NS. The van der Waals surface area contributed by atoms with E-state index < -0.39 is 0 Å². The molecule has 1 unspecified atom stereocenters. The standard InChI is InChI=1S/C7H15NS/c1-6-7(2,3)9-5-4-8-6/h6,8H,4-5H2,1-3H3. The molecule has 1 aliphatic heterocycles. The summed E-state index contributed by atoms with van der Waals surface area (Å²) in [5.41, 5.74) is 0. The van der Waals surface area contributed by atoms with Gasteiger partial charge < -0.3 is 5.32 Å². The Balaban J connectivity index is 2.49. The van der Waals surface area contributed by atoms with Crippen molar-refractivity contribution in [1.82, 2.24) is 5.32 Å². The minimum atomic E-state index is 0.443. The van der Waals surface area contributed by atoms with Crippen LogP contribution in [0.3, 0.4) is 0 Å². The summed E-state index contributed by atoms with van der Waals surface area (Å²) < 4.78 is 0.443. The smallest absolute Gasteiger partial charge is 0.0254 e. The zero-order valence-electron chi connectivity index (χ0n) is 6.40. The maximum Gasteiger partial charge on any atom is 0.0254 e. The molecule has 0 aliphatic carbocycles. The van der Waals surface area contributed by atoms with Crippen molar-refractivity contribution >= 4 is 11.8 Å². The van der Waals surface area contributed by atoms with E-state index in [1.807, 2.05) is 0 Å². The number of hydrogen-bond acceptors (Lipinski definition) is 2. The zero-order chi connectivity index (χ0) is 6.91. The van der Waals surface area contributed by atoms with E-state index in [-0.39, 0.29) is 0 Å². The summed E-state index contributed by atoms with van der Waals surface area (Å²) in [6, 6.07) is 0.663. The Morgan fingerprint density at radius 3 is 2.56 bits per heavy atom. The molecule has 1 N–H and O–H groups in total. The lowest BCUT2D eigenvalue weighted by atomic mass is 10.1. The molecule has 1 rings (SSSR count). The molecule has 0 saturated carbocycles. The van der Waals surface area contributed by atoms with Crippen molar-refractivity contribution in [3.63, 3.8) is 0 Å². The Hall–Kier alpha value is 0.310. The molecule has 0 aromatic heterocycles. The number of rotatable bonds is 0. The minimum absolute atomic E-state index is 0.443. The lowest BCUT2D eigenvalue weighted by Gasteiger charge is -2.36. The first-order valence-electron chi connectivity index (χ1n) is 3.50. The van der Waals surface area contributed by atoms with Crippen molar-refractivity contribution in [2.24, 2.45) is 0 Å². The van der Waals surface area contributed by atoms with Crippen LogP contribution in [0.25, 0.3) is 0 Å². The fraction of sp³-hybridized carbons (Fsp3) is 1.00. The van der Waals surface area contributed by atoms with Crippen molar-refractivity contribution in [3.05, 3.63) is 0 Å². The van der Waals surface area contributed by atoms with Crippen LogP contribution in [0.1, 0.15) is 20.8 Å². The van der Waals surface area contributed by atoms with Gasteiger partial charge in [0.15, 0.2) is 0 Å². The Bertz CT molecular complexity index is 101. The van der Waals surface area contributed by atoms with E-state index in [2.05, 4.69) is 37.8 Å². The molecule has 1 heterocycles. The molecule has 1 nitrogen and oxygen atoms in total. The van der Waals surface area contributed by atoms with Crippen LogP contribution in [0, 0.1) is 0 Å². The molecule has 1 fully saturated rings. The lowest BCUT2D eigenvalue weighted by molar-refractivity contribution is 0.459. The van der Waals surface area contributed by atoms with Crippen LogP contribution in [0.2, 0.25) is 0 Å². The monoisotopic (exact) mass is 145 g/mol. The highest BCUT2D eigenvalue weighted by Crippen LogP contribution is 2.30. The molecule has 0 bridgehead atoms. The predicted molar refractivity (Wildman–Crippen MR) is 44.0 cm³/mol. The fourth-order valence-corrected chi connectivity index (χ4v) is 2.04. The van der Waals surface area contributed by atoms with Crippen LogP contribution >= 0.6 is 11.8 Å². The van der Waals surface area contributed by atoms with Gasteiger partial charge in [-0.05, 0) is 20.8 Å². The molecule has 2 heteroatoms. The molecule has 1 saturated heterocycles. The van der Waals surface area contributed by atoms with E-state index >= 15 is 0 Å². The van der Waals surface area contributed by atoms with Crippen LogP contribution in [0.5, 0.6) is 0 Å². The molecule has 0 spiro atoms. The quantitative estimate of drug-likeness (QED) is 0.554. The van der Waals surface area contributed by atoms with Crippen LogP contribution < -0.4 is 5.32 Å². The van der Waals surface area contributed by atoms with Gasteiger partial charge in [-0.15, -0.1) is 0 Å². The Morgan fingerprint density at radius 2 is 2.22 bits per heavy atom. The molecule has 0 aromatic carbocycles. The van der Waals surface area contributed by atoms with Crippen LogP contribution in [0.4, 0.5) is 0 Å². The van der Waals surface area contributed by atoms with E-state index in [0.717, 1.165) is 0 Å². The fourth-order valence-electron chi connectivity index (χ4n) is 0.960. The second kappa shape index (κ2) is 2.51. The Labute approximate surface area is 61.6 Å². The molecule has 1 aliphatic rings. The van der Waals surface area contributed by atoms with Gasteiger partial charge in [-0.1, -0.05) is 0 Å². The van der Waals surface area contributed by atoms with E-state index in [4.69, 9.17) is 0 Å². The first-order valence-corrected chi connectivity index (χ1v) is 4.49.